The summed E-state index contributed by atoms with van der Waals surface area (Å²) in [5.41, 5.74) is 1.40. The number of nitro benzene ring substituents is 1. The number of benzene rings is 3. The first kappa shape index (κ1) is 26.0. The van der Waals surface area contributed by atoms with Crippen molar-refractivity contribution in [2.75, 3.05) is 4.90 Å². The van der Waals surface area contributed by atoms with Crippen LogP contribution in [0.5, 0.6) is 5.75 Å². The molecular weight excluding hydrogens is 716 g/mol. The van der Waals surface area contributed by atoms with Gasteiger partial charge in [-0.3, -0.25) is 25.0 Å². The van der Waals surface area contributed by atoms with Gasteiger partial charge in [-0.15, -0.1) is 0 Å². The molecule has 0 atom stereocenters. The van der Waals surface area contributed by atoms with Crippen molar-refractivity contribution in [1.82, 2.24) is 5.32 Å². The first-order chi connectivity index (χ1) is 17.1. The molecule has 4 rings (SSSR count). The summed E-state index contributed by atoms with van der Waals surface area (Å²) in [7, 11) is 0. The van der Waals surface area contributed by atoms with E-state index in [1.807, 2.05) is 0 Å². The lowest BCUT2D eigenvalue weighted by molar-refractivity contribution is -0.384. The molecule has 0 unspecified atom stereocenters. The third-order valence-corrected chi connectivity index (χ3v) is 6.90. The molecule has 1 heterocycles. The average Bonchev–Trinajstić information content (AvgIpc) is 2.82. The van der Waals surface area contributed by atoms with Crippen molar-refractivity contribution in [3.63, 3.8) is 0 Å². The summed E-state index contributed by atoms with van der Waals surface area (Å²) in [6.07, 6.45) is 1.41. The minimum Gasteiger partial charge on any atom is -0.487 e. The van der Waals surface area contributed by atoms with E-state index in [4.69, 9.17) is 16.3 Å². The number of carbonyl (C=O) groups excluding carboxylic acids is 3. The van der Waals surface area contributed by atoms with Crippen LogP contribution in [0.4, 0.5) is 16.2 Å². The number of hydrogen-bond donors (Lipinski definition) is 1. The minimum absolute atomic E-state index is 0.00192. The second-order valence-corrected chi connectivity index (χ2v) is 10.2. The summed E-state index contributed by atoms with van der Waals surface area (Å²) in [5, 5.41) is 13.4. The van der Waals surface area contributed by atoms with Crippen LogP contribution < -0.4 is 15.0 Å². The molecule has 1 N–H and O–H groups in total. The highest BCUT2D eigenvalue weighted by Crippen LogP contribution is 2.31. The van der Waals surface area contributed by atoms with E-state index in [9.17, 15) is 24.5 Å². The molecule has 0 bridgehead atoms. The molecule has 4 amide bonds. The fraction of sp³-hybridized carbons (Fsp3) is 0.0417. The maximum atomic E-state index is 13.1. The Morgan fingerprint density at radius 1 is 1.00 bits per heavy atom. The van der Waals surface area contributed by atoms with Gasteiger partial charge in [-0.2, -0.15) is 0 Å². The Morgan fingerprint density at radius 3 is 2.19 bits per heavy atom. The molecule has 182 valence electrons. The van der Waals surface area contributed by atoms with Crippen LogP contribution in [0, 0.1) is 17.3 Å². The predicted octanol–water partition coefficient (Wildman–Crippen LogP) is 5.70. The van der Waals surface area contributed by atoms with E-state index in [-0.39, 0.29) is 23.6 Å². The van der Waals surface area contributed by atoms with Crippen LogP contribution >= 0.6 is 56.8 Å². The van der Waals surface area contributed by atoms with Gasteiger partial charge in [0.1, 0.15) is 17.9 Å². The topological polar surface area (TPSA) is 119 Å². The van der Waals surface area contributed by atoms with Crippen LogP contribution in [-0.4, -0.2) is 22.8 Å². The number of ether oxygens (including phenoxy) is 1. The fourth-order valence-electron chi connectivity index (χ4n) is 3.32. The van der Waals surface area contributed by atoms with Gasteiger partial charge in [0.2, 0.25) is 0 Å². The molecule has 36 heavy (non-hydrogen) atoms. The largest absolute Gasteiger partial charge is 0.487 e. The molecule has 3 aromatic carbocycles. The number of nitro groups is 1. The van der Waals surface area contributed by atoms with Gasteiger partial charge in [0, 0.05) is 17.2 Å². The molecule has 0 aliphatic carbocycles. The Balaban J connectivity index is 1.57. The number of nitrogens with one attached hydrogen (secondary N) is 1. The van der Waals surface area contributed by atoms with Crippen molar-refractivity contribution >= 4 is 92.1 Å². The molecular formula is C24H14ClI2N3O6. The summed E-state index contributed by atoms with van der Waals surface area (Å²) < 4.78 is 7.37. The molecule has 3 aromatic rings. The molecule has 0 radical (unpaired) electrons. The third-order valence-electron chi connectivity index (χ3n) is 5.05. The maximum absolute atomic E-state index is 13.1. The highest BCUT2D eigenvalue weighted by molar-refractivity contribution is 14.1. The first-order valence-electron chi connectivity index (χ1n) is 10.2. The number of anilines is 1. The van der Waals surface area contributed by atoms with E-state index in [2.05, 4.69) is 50.5 Å². The smallest absolute Gasteiger partial charge is 0.335 e. The van der Waals surface area contributed by atoms with Crippen molar-refractivity contribution in [2.24, 2.45) is 0 Å². The van der Waals surface area contributed by atoms with Gasteiger partial charge in [-0.1, -0.05) is 11.6 Å². The van der Waals surface area contributed by atoms with E-state index in [1.54, 1.807) is 24.3 Å². The molecule has 1 saturated heterocycles. The van der Waals surface area contributed by atoms with E-state index in [0.717, 1.165) is 17.6 Å². The Hall–Kier alpha value is -3.04. The zero-order chi connectivity index (χ0) is 26.0. The summed E-state index contributed by atoms with van der Waals surface area (Å²) in [6.45, 7) is 0.198. The Bertz CT molecular complexity index is 1400. The normalized spacial score (nSPS) is 14.7. The zero-order valence-electron chi connectivity index (χ0n) is 18.0. The quantitative estimate of drug-likeness (QED) is 0.114. The van der Waals surface area contributed by atoms with Gasteiger partial charge in [-0.25, -0.2) is 9.69 Å². The van der Waals surface area contributed by atoms with E-state index >= 15 is 0 Å². The summed E-state index contributed by atoms with van der Waals surface area (Å²) in [4.78, 5) is 49.1. The zero-order valence-corrected chi connectivity index (χ0v) is 23.1. The number of imide groups is 2. The van der Waals surface area contributed by atoms with Crippen LogP contribution in [0.25, 0.3) is 6.08 Å². The number of carbonyl (C=O) groups is 3. The Kier molecular flexibility index (Phi) is 7.90. The fourth-order valence-corrected chi connectivity index (χ4v) is 5.57. The van der Waals surface area contributed by atoms with Crippen LogP contribution in [0.3, 0.4) is 0 Å². The van der Waals surface area contributed by atoms with Crippen molar-refractivity contribution in [2.45, 2.75) is 6.61 Å². The van der Waals surface area contributed by atoms with E-state index in [0.29, 0.717) is 16.3 Å². The molecule has 0 spiro atoms. The van der Waals surface area contributed by atoms with Gasteiger partial charge < -0.3 is 4.74 Å². The number of halogens is 3. The number of hydrogen-bond acceptors (Lipinski definition) is 6. The molecule has 1 aliphatic heterocycles. The molecule has 0 saturated carbocycles. The summed E-state index contributed by atoms with van der Waals surface area (Å²) in [5.74, 6) is -0.956. The van der Waals surface area contributed by atoms with Crippen LogP contribution in [0.1, 0.15) is 11.1 Å². The van der Waals surface area contributed by atoms with Crippen LogP contribution in [0.15, 0.2) is 66.2 Å². The minimum atomic E-state index is -0.844. The second-order valence-electron chi connectivity index (χ2n) is 7.46. The first-order valence-corrected chi connectivity index (χ1v) is 12.7. The van der Waals surface area contributed by atoms with Gasteiger partial charge in [0.25, 0.3) is 17.5 Å². The number of non-ortho nitro benzene ring substituents is 1. The summed E-state index contributed by atoms with van der Waals surface area (Å²) >= 11 is 10.1. The average molecular weight is 730 g/mol. The van der Waals surface area contributed by atoms with Crippen molar-refractivity contribution < 1.29 is 24.0 Å². The Morgan fingerprint density at radius 2 is 1.61 bits per heavy atom. The lowest BCUT2D eigenvalue weighted by atomic mass is 10.1. The monoisotopic (exact) mass is 729 g/mol. The lowest BCUT2D eigenvalue weighted by Gasteiger charge is -2.26. The number of urea groups is 1. The van der Waals surface area contributed by atoms with E-state index < -0.39 is 22.8 Å². The molecule has 1 aliphatic rings. The van der Waals surface area contributed by atoms with E-state index in [1.165, 1.54) is 42.5 Å². The number of nitrogens with zero attached hydrogens (tertiary/aromatic N) is 2. The van der Waals surface area contributed by atoms with Gasteiger partial charge in [0.05, 0.1) is 17.8 Å². The summed E-state index contributed by atoms with van der Waals surface area (Å²) in [6, 6.07) is 14.8. The second kappa shape index (κ2) is 10.9. The van der Waals surface area contributed by atoms with Crippen molar-refractivity contribution in [3.05, 3.63) is 99.6 Å². The molecule has 9 nitrogen and oxygen atoms in total. The number of rotatable bonds is 6. The van der Waals surface area contributed by atoms with Gasteiger partial charge in [-0.05, 0) is 111 Å². The predicted molar refractivity (Wildman–Crippen MR) is 150 cm³/mol. The highest BCUT2D eigenvalue weighted by Gasteiger charge is 2.36. The van der Waals surface area contributed by atoms with Crippen molar-refractivity contribution in [1.29, 1.82) is 0 Å². The molecule has 1 fully saturated rings. The standard InChI is InChI=1S/C24H14ClI2N3O6/c25-15-3-7-16(8-4-15)29-23(32)18(22(31)28-24(29)33)9-14-10-19(26)21(20(27)11-14)36-12-13-1-5-17(6-2-13)30(34)35/h1-11H,12H2,(H,28,31,33)/b18-9+. The molecule has 0 aromatic heterocycles. The van der Waals surface area contributed by atoms with Gasteiger partial charge in [0.15, 0.2) is 0 Å². The Labute approximate surface area is 236 Å². The van der Waals surface area contributed by atoms with Crippen LogP contribution in [-0.2, 0) is 16.2 Å². The number of barbiturate groups is 1. The number of amides is 4. The highest BCUT2D eigenvalue weighted by atomic mass is 127. The lowest BCUT2D eigenvalue weighted by Crippen LogP contribution is -2.54. The SMILES string of the molecule is O=C1NC(=O)N(c2ccc(Cl)cc2)C(=O)/C1=C/c1cc(I)c(OCc2ccc([N+](=O)[O-])cc2)c(I)c1. The molecule has 12 heteroatoms. The third kappa shape index (κ3) is 5.68. The van der Waals surface area contributed by atoms with Crippen LogP contribution in [0.2, 0.25) is 5.02 Å². The van der Waals surface area contributed by atoms with Crippen molar-refractivity contribution in [3.8, 4) is 5.75 Å². The maximum Gasteiger partial charge on any atom is 0.335 e. The van der Waals surface area contributed by atoms with Gasteiger partial charge >= 0.3 is 6.03 Å².